The Morgan fingerprint density at radius 3 is 1.64 bits per heavy atom. The molecule has 0 radical (unpaired) electrons. The number of ketones is 1. The van der Waals surface area contributed by atoms with Gasteiger partial charge in [-0.1, -0.05) is 67.1 Å². The van der Waals surface area contributed by atoms with Crippen LogP contribution in [0.3, 0.4) is 0 Å². The molecule has 2 aromatic rings. The fraction of sp³-hybridized carbons (Fsp3) is 0.350. The number of fused-ring (bicyclic) bond motifs is 2. The van der Waals surface area contributed by atoms with Crippen molar-refractivity contribution in [3.05, 3.63) is 71.8 Å². The molecule has 22 heavy (non-hydrogen) atoms. The molecule has 0 aromatic heterocycles. The van der Waals surface area contributed by atoms with E-state index < -0.39 is 0 Å². The molecule has 2 aliphatic rings. The molecule has 0 unspecified atom stereocenters. The van der Waals surface area contributed by atoms with Gasteiger partial charge in [-0.3, -0.25) is 4.79 Å². The first kappa shape index (κ1) is 13.7. The molecular formula is C20H21NO. The Labute approximate surface area is 131 Å². The van der Waals surface area contributed by atoms with Gasteiger partial charge in [0.05, 0.1) is 0 Å². The van der Waals surface area contributed by atoms with Crippen molar-refractivity contribution in [3.63, 3.8) is 0 Å². The van der Waals surface area contributed by atoms with Gasteiger partial charge in [-0.25, -0.2) is 0 Å². The van der Waals surface area contributed by atoms with Gasteiger partial charge in [0.25, 0.3) is 0 Å². The molecular weight excluding hydrogens is 270 g/mol. The molecule has 2 nitrogen and oxygen atoms in total. The molecule has 112 valence electrons. The quantitative estimate of drug-likeness (QED) is 0.904. The highest BCUT2D eigenvalue weighted by atomic mass is 16.1. The molecule has 2 aromatic carbocycles. The first-order valence-corrected chi connectivity index (χ1v) is 8.24. The minimum absolute atomic E-state index is 0.140. The third-order valence-electron chi connectivity index (χ3n) is 5.24. The van der Waals surface area contributed by atoms with Crippen molar-refractivity contribution >= 4 is 5.78 Å². The van der Waals surface area contributed by atoms with Gasteiger partial charge in [0.2, 0.25) is 0 Å². The number of benzene rings is 2. The lowest BCUT2D eigenvalue weighted by atomic mass is 9.67. The van der Waals surface area contributed by atoms with E-state index in [2.05, 4.69) is 53.8 Å². The van der Waals surface area contributed by atoms with Gasteiger partial charge < -0.3 is 5.32 Å². The lowest BCUT2D eigenvalue weighted by Gasteiger charge is -2.45. The standard InChI is InChI=1S/C20H21NO/c22-20-16-12-7-13-17(20)19(15-10-5-2-6-11-15)21-18(16)14-8-3-1-4-9-14/h1-6,8-11,16-19,21H,7,12-13H2/t16-,17-,18+,19+/m1/s1. The number of Topliss-reactive ketones (excluding diaryl/α,β-unsaturated/α-hetero) is 1. The number of carbonyl (C=O) groups is 1. The molecule has 0 amide bonds. The molecule has 4 atom stereocenters. The molecule has 0 spiro atoms. The van der Waals surface area contributed by atoms with E-state index in [0.29, 0.717) is 5.78 Å². The van der Waals surface area contributed by atoms with Crippen LogP contribution in [0, 0.1) is 11.8 Å². The van der Waals surface area contributed by atoms with Crippen molar-refractivity contribution in [3.8, 4) is 0 Å². The van der Waals surface area contributed by atoms with Crippen molar-refractivity contribution in [2.24, 2.45) is 11.8 Å². The summed E-state index contributed by atoms with van der Waals surface area (Å²) in [5.41, 5.74) is 2.48. The van der Waals surface area contributed by atoms with Gasteiger partial charge in [-0.2, -0.15) is 0 Å². The highest BCUT2D eigenvalue weighted by molar-refractivity contribution is 5.86. The molecule has 1 N–H and O–H groups in total. The van der Waals surface area contributed by atoms with Gasteiger partial charge in [-0.05, 0) is 24.0 Å². The number of piperidine rings is 1. The van der Waals surface area contributed by atoms with Crippen LogP contribution in [0.4, 0.5) is 0 Å². The average Bonchev–Trinajstić information content (AvgIpc) is 2.57. The topological polar surface area (TPSA) is 29.1 Å². The largest absolute Gasteiger partial charge is 0.302 e. The Morgan fingerprint density at radius 2 is 1.18 bits per heavy atom. The van der Waals surface area contributed by atoms with Gasteiger partial charge in [-0.15, -0.1) is 0 Å². The van der Waals surface area contributed by atoms with E-state index in [1.54, 1.807) is 0 Å². The second-order valence-electron chi connectivity index (χ2n) is 6.49. The summed E-state index contributed by atoms with van der Waals surface area (Å²) in [6, 6.07) is 21.2. The van der Waals surface area contributed by atoms with Crippen molar-refractivity contribution in [2.75, 3.05) is 0 Å². The molecule has 1 aliphatic heterocycles. The first-order valence-electron chi connectivity index (χ1n) is 8.24. The Kier molecular flexibility index (Phi) is 3.55. The number of nitrogens with one attached hydrogen (secondary N) is 1. The summed E-state index contributed by atoms with van der Waals surface area (Å²) < 4.78 is 0. The number of hydrogen-bond donors (Lipinski definition) is 1. The van der Waals surface area contributed by atoms with Crippen LogP contribution in [-0.4, -0.2) is 5.78 Å². The normalized spacial score (nSPS) is 31.0. The Hall–Kier alpha value is -1.93. The van der Waals surface area contributed by atoms with Crippen molar-refractivity contribution in [2.45, 2.75) is 31.3 Å². The highest BCUT2D eigenvalue weighted by Crippen LogP contribution is 2.45. The molecule has 2 fully saturated rings. The van der Waals surface area contributed by atoms with Crippen LogP contribution in [0.1, 0.15) is 42.5 Å². The number of carbonyl (C=O) groups excluding carboxylic acids is 1. The van der Waals surface area contributed by atoms with Crippen molar-refractivity contribution < 1.29 is 4.79 Å². The van der Waals surface area contributed by atoms with E-state index in [4.69, 9.17) is 0 Å². The summed E-state index contributed by atoms with van der Waals surface area (Å²) in [6.07, 6.45) is 3.20. The molecule has 2 bridgehead atoms. The van der Waals surface area contributed by atoms with Crippen LogP contribution >= 0.6 is 0 Å². The fourth-order valence-corrected chi connectivity index (χ4v) is 4.18. The van der Waals surface area contributed by atoms with E-state index in [1.165, 1.54) is 11.1 Å². The van der Waals surface area contributed by atoms with Crippen LogP contribution in [0.5, 0.6) is 0 Å². The summed E-state index contributed by atoms with van der Waals surface area (Å²) >= 11 is 0. The monoisotopic (exact) mass is 291 g/mol. The Balaban J connectivity index is 1.73. The van der Waals surface area contributed by atoms with Crippen LogP contribution in [-0.2, 0) is 4.79 Å². The Bertz CT molecular complexity index is 596. The minimum atomic E-state index is 0.140. The molecule has 1 aliphatic carbocycles. The number of rotatable bonds is 2. The van der Waals surface area contributed by atoms with Crippen LogP contribution < -0.4 is 5.32 Å². The third kappa shape index (κ3) is 2.28. The first-order chi connectivity index (χ1) is 10.8. The van der Waals surface area contributed by atoms with E-state index in [-0.39, 0.29) is 23.9 Å². The van der Waals surface area contributed by atoms with E-state index in [9.17, 15) is 4.79 Å². The zero-order valence-corrected chi connectivity index (χ0v) is 12.6. The van der Waals surface area contributed by atoms with E-state index >= 15 is 0 Å². The van der Waals surface area contributed by atoms with Gasteiger partial charge >= 0.3 is 0 Å². The minimum Gasteiger partial charge on any atom is -0.302 e. The zero-order chi connectivity index (χ0) is 14.9. The summed E-state index contributed by atoms with van der Waals surface area (Å²) in [5, 5.41) is 3.80. The van der Waals surface area contributed by atoms with Gasteiger partial charge in [0.1, 0.15) is 5.78 Å². The average molecular weight is 291 g/mol. The Morgan fingerprint density at radius 1 is 0.727 bits per heavy atom. The molecule has 2 heteroatoms. The van der Waals surface area contributed by atoms with E-state index in [0.717, 1.165) is 19.3 Å². The second kappa shape index (κ2) is 5.69. The highest BCUT2D eigenvalue weighted by Gasteiger charge is 2.46. The zero-order valence-electron chi connectivity index (χ0n) is 12.6. The maximum atomic E-state index is 12.9. The summed E-state index contributed by atoms with van der Waals surface area (Å²) in [4.78, 5) is 12.9. The maximum Gasteiger partial charge on any atom is 0.142 e. The smallest absolute Gasteiger partial charge is 0.142 e. The lowest BCUT2D eigenvalue weighted by molar-refractivity contribution is -0.135. The fourth-order valence-electron chi connectivity index (χ4n) is 4.18. The van der Waals surface area contributed by atoms with Gasteiger partial charge in [0, 0.05) is 23.9 Å². The van der Waals surface area contributed by atoms with Crippen molar-refractivity contribution in [1.29, 1.82) is 0 Å². The number of hydrogen-bond acceptors (Lipinski definition) is 2. The molecule has 4 rings (SSSR count). The SMILES string of the molecule is O=C1[C@@H]2CCC[C@@H]1[C@H](c1ccccc1)N[C@H]2c1ccccc1. The van der Waals surface area contributed by atoms with Crippen molar-refractivity contribution in [1.82, 2.24) is 5.32 Å². The van der Waals surface area contributed by atoms with Crippen LogP contribution in [0.25, 0.3) is 0 Å². The predicted molar refractivity (Wildman–Crippen MR) is 87.3 cm³/mol. The summed E-state index contributed by atoms with van der Waals surface area (Å²) in [6.45, 7) is 0. The van der Waals surface area contributed by atoms with Gasteiger partial charge in [0.15, 0.2) is 0 Å². The van der Waals surface area contributed by atoms with Crippen LogP contribution in [0.2, 0.25) is 0 Å². The second-order valence-corrected chi connectivity index (χ2v) is 6.49. The molecule has 1 saturated carbocycles. The maximum absolute atomic E-state index is 12.9. The molecule has 1 heterocycles. The van der Waals surface area contributed by atoms with E-state index in [1.807, 2.05) is 12.1 Å². The summed E-state index contributed by atoms with van der Waals surface area (Å²) in [7, 11) is 0. The summed E-state index contributed by atoms with van der Waals surface area (Å²) in [5.74, 6) is 0.745. The van der Waals surface area contributed by atoms with Crippen LogP contribution in [0.15, 0.2) is 60.7 Å². The molecule has 1 saturated heterocycles. The third-order valence-corrected chi connectivity index (χ3v) is 5.24. The lowest BCUT2D eigenvalue weighted by Crippen LogP contribution is -2.50. The predicted octanol–water partition coefficient (Wildman–Crippen LogP) is 4.06.